The zero-order chi connectivity index (χ0) is 37.3. The molecule has 0 saturated carbocycles. The number of hydrogen-bond donors (Lipinski definition) is 0. The SMILES string of the molecule is c1ccc(-c2ccc(N(c3ccc(-c4ccccc4)cc3)c3cc(-c4ccccc4)ccc3-c3ccc4c(c3)oc3c(-c5ccccc5)cccc34)cc2)cc1. The van der Waals surface area contributed by atoms with Crippen LogP contribution in [0.5, 0.6) is 0 Å². The van der Waals surface area contributed by atoms with E-state index in [9.17, 15) is 0 Å². The summed E-state index contributed by atoms with van der Waals surface area (Å²) in [5.74, 6) is 0. The van der Waals surface area contributed by atoms with Gasteiger partial charge in [0.25, 0.3) is 0 Å². The largest absolute Gasteiger partial charge is 0.455 e. The third kappa shape index (κ3) is 6.24. The van der Waals surface area contributed by atoms with E-state index in [1.54, 1.807) is 0 Å². The summed E-state index contributed by atoms with van der Waals surface area (Å²) < 4.78 is 6.76. The molecule has 10 rings (SSSR count). The van der Waals surface area contributed by atoms with E-state index >= 15 is 0 Å². The van der Waals surface area contributed by atoms with E-state index in [-0.39, 0.29) is 0 Å². The van der Waals surface area contributed by atoms with Crippen molar-refractivity contribution in [3.8, 4) is 55.6 Å². The molecule has 0 fully saturated rings. The topological polar surface area (TPSA) is 16.4 Å². The van der Waals surface area contributed by atoms with E-state index in [4.69, 9.17) is 4.42 Å². The quantitative estimate of drug-likeness (QED) is 0.156. The van der Waals surface area contributed by atoms with Gasteiger partial charge in [-0.05, 0) is 87.0 Å². The number of fused-ring (bicyclic) bond motifs is 3. The molecule has 2 heteroatoms. The van der Waals surface area contributed by atoms with E-state index in [2.05, 4.69) is 223 Å². The minimum Gasteiger partial charge on any atom is -0.455 e. The van der Waals surface area contributed by atoms with Crippen LogP contribution in [0.25, 0.3) is 77.6 Å². The molecule has 1 heterocycles. The summed E-state index contributed by atoms with van der Waals surface area (Å²) in [6.45, 7) is 0. The van der Waals surface area contributed by atoms with Gasteiger partial charge in [-0.15, -0.1) is 0 Å². The van der Waals surface area contributed by atoms with Gasteiger partial charge in [-0.25, -0.2) is 0 Å². The van der Waals surface area contributed by atoms with E-state index in [1.165, 1.54) is 27.8 Å². The normalized spacial score (nSPS) is 11.2. The molecule has 56 heavy (non-hydrogen) atoms. The summed E-state index contributed by atoms with van der Waals surface area (Å²) in [7, 11) is 0. The molecule has 0 bridgehead atoms. The van der Waals surface area contributed by atoms with Crippen LogP contribution in [0, 0.1) is 0 Å². The molecule has 0 aliphatic carbocycles. The molecular formula is C54H37NO. The Labute approximate surface area is 327 Å². The molecule has 1 aromatic heterocycles. The number of para-hydroxylation sites is 1. The minimum atomic E-state index is 0.866. The van der Waals surface area contributed by atoms with E-state index in [0.717, 1.165) is 66.8 Å². The zero-order valence-electron chi connectivity index (χ0n) is 30.7. The van der Waals surface area contributed by atoms with Crippen LogP contribution in [0.2, 0.25) is 0 Å². The van der Waals surface area contributed by atoms with Gasteiger partial charge in [0, 0.05) is 33.3 Å². The first-order valence-electron chi connectivity index (χ1n) is 19.1. The standard InChI is InChI=1S/C54H37NO/c1-5-14-38(15-6-1)41-24-30-46(31-25-41)55(47-32-26-42(27-33-47)39-16-7-2-8-17-39)52-36-44(40-18-9-3-10-19-40)28-34-48(52)45-29-35-50-51-23-13-22-49(43-20-11-4-12-21-43)54(51)56-53(50)37-45/h1-37H. The molecule has 0 aliphatic heterocycles. The maximum absolute atomic E-state index is 6.76. The second-order valence-electron chi connectivity index (χ2n) is 14.1. The van der Waals surface area contributed by atoms with Gasteiger partial charge in [0.1, 0.15) is 11.2 Å². The molecule has 0 unspecified atom stereocenters. The number of rotatable bonds is 8. The number of hydrogen-bond acceptors (Lipinski definition) is 2. The predicted molar refractivity (Wildman–Crippen MR) is 236 cm³/mol. The van der Waals surface area contributed by atoms with Crippen molar-refractivity contribution >= 4 is 39.0 Å². The Morgan fingerprint density at radius 1 is 0.286 bits per heavy atom. The molecule has 0 radical (unpaired) electrons. The van der Waals surface area contributed by atoms with Crippen LogP contribution in [-0.2, 0) is 0 Å². The summed E-state index contributed by atoms with van der Waals surface area (Å²) in [4.78, 5) is 2.39. The summed E-state index contributed by atoms with van der Waals surface area (Å²) in [5, 5.41) is 2.22. The first-order chi connectivity index (χ1) is 27.8. The van der Waals surface area contributed by atoms with Crippen molar-refractivity contribution in [2.24, 2.45) is 0 Å². The van der Waals surface area contributed by atoms with Gasteiger partial charge in [-0.1, -0.05) is 182 Å². The van der Waals surface area contributed by atoms with E-state index < -0.39 is 0 Å². The highest BCUT2D eigenvalue weighted by atomic mass is 16.3. The highest BCUT2D eigenvalue weighted by Gasteiger charge is 2.21. The molecule has 10 aromatic rings. The van der Waals surface area contributed by atoms with Crippen molar-refractivity contribution in [1.29, 1.82) is 0 Å². The van der Waals surface area contributed by atoms with Crippen LogP contribution in [0.3, 0.4) is 0 Å². The first-order valence-corrected chi connectivity index (χ1v) is 19.1. The highest BCUT2D eigenvalue weighted by Crippen LogP contribution is 2.45. The first kappa shape index (κ1) is 33.2. The molecule has 0 N–H and O–H groups in total. The van der Waals surface area contributed by atoms with Gasteiger partial charge in [-0.3, -0.25) is 0 Å². The number of furan rings is 1. The lowest BCUT2D eigenvalue weighted by atomic mass is 9.95. The van der Waals surface area contributed by atoms with Crippen LogP contribution >= 0.6 is 0 Å². The zero-order valence-corrected chi connectivity index (χ0v) is 30.7. The second kappa shape index (κ2) is 14.4. The average Bonchev–Trinajstić information content (AvgIpc) is 3.66. The lowest BCUT2D eigenvalue weighted by Crippen LogP contribution is -2.11. The van der Waals surface area contributed by atoms with E-state index in [1.807, 2.05) is 6.07 Å². The van der Waals surface area contributed by atoms with Gasteiger partial charge in [0.2, 0.25) is 0 Å². The fourth-order valence-corrected chi connectivity index (χ4v) is 7.88. The van der Waals surface area contributed by atoms with Crippen molar-refractivity contribution in [3.63, 3.8) is 0 Å². The van der Waals surface area contributed by atoms with Gasteiger partial charge in [0.05, 0.1) is 5.69 Å². The van der Waals surface area contributed by atoms with Crippen LogP contribution in [0.1, 0.15) is 0 Å². The molecule has 2 nitrogen and oxygen atoms in total. The Morgan fingerprint density at radius 3 is 1.30 bits per heavy atom. The van der Waals surface area contributed by atoms with Crippen molar-refractivity contribution in [2.45, 2.75) is 0 Å². The van der Waals surface area contributed by atoms with Crippen LogP contribution in [0.4, 0.5) is 17.1 Å². The average molecular weight is 716 g/mol. The van der Waals surface area contributed by atoms with Crippen LogP contribution < -0.4 is 4.90 Å². The minimum absolute atomic E-state index is 0.866. The van der Waals surface area contributed by atoms with Gasteiger partial charge >= 0.3 is 0 Å². The molecule has 9 aromatic carbocycles. The molecule has 0 saturated heterocycles. The maximum Gasteiger partial charge on any atom is 0.143 e. The van der Waals surface area contributed by atoms with Crippen molar-refractivity contribution in [1.82, 2.24) is 0 Å². The summed E-state index contributed by atoms with van der Waals surface area (Å²) in [5.41, 5.74) is 16.5. The van der Waals surface area contributed by atoms with Crippen LogP contribution in [0.15, 0.2) is 229 Å². The lowest BCUT2D eigenvalue weighted by molar-refractivity contribution is 0.670. The summed E-state index contributed by atoms with van der Waals surface area (Å²) >= 11 is 0. The predicted octanol–water partition coefficient (Wildman–Crippen LogP) is 15.4. The molecule has 0 aliphatic rings. The number of benzene rings is 9. The molecule has 0 spiro atoms. The smallest absolute Gasteiger partial charge is 0.143 e. The molecule has 0 atom stereocenters. The summed E-state index contributed by atoms with van der Waals surface area (Å²) in [6.07, 6.45) is 0. The molecular weight excluding hydrogens is 679 g/mol. The maximum atomic E-state index is 6.76. The second-order valence-corrected chi connectivity index (χ2v) is 14.1. The Bertz CT molecular complexity index is 2830. The fraction of sp³-hybridized carbons (Fsp3) is 0. The summed E-state index contributed by atoms with van der Waals surface area (Å²) in [6, 6.07) is 80.0. The highest BCUT2D eigenvalue weighted by molar-refractivity contribution is 6.10. The Morgan fingerprint density at radius 2 is 0.750 bits per heavy atom. The van der Waals surface area contributed by atoms with E-state index in [0.29, 0.717) is 0 Å². The lowest BCUT2D eigenvalue weighted by Gasteiger charge is -2.29. The fourth-order valence-electron chi connectivity index (χ4n) is 7.88. The van der Waals surface area contributed by atoms with Crippen molar-refractivity contribution in [3.05, 3.63) is 224 Å². The molecule has 0 amide bonds. The van der Waals surface area contributed by atoms with Crippen LogP contribution in [-0.4, -0.2) is 0 Å². The number of anilines is 3. The Kier molecular flexibility index (Phi) is 8.55. The Hall–Kier alpha value is -7.42. The number of nitrogens with zero attached hydrogens (tertiary/aromatic N) is 1. The third-order valence-corrected chi connectivity index (χ3v) is 10.7. The van der Waals surface area contributed by atoms with Gasteiger partial charge in [0.15, 0.2) is 0 Å². The van der Waals surface area contributed by atoms with Crippen molar-refractivity contribution < 1.29 is 4.42 Å². The van der Waals surface area contributed by atoms with Gasteiger partial charge in [-0.2, -0.15) is 0 Å². The van der Waals surface area contributed by atoms with Crippen molar-refractivity contribution in [2.75, 3.05) is 4.90 Å². The molecule has 264 valence electrons. The van der Waals surface area contributed by atoms with Gasteiger partial charge < -0.3 is 9.32 Å². The third-order valence-electron chi connectivity index (χ3n) is 10.7. The monoisotopic (exact) mass is 715 g/mol. The Balaban J connectivity index is 1.16.